The van der Waals surface area contributed by atoms with Gasteiger partial charge in [-0.25, -0.2) is 0 Å². The lowest BCUT2D eigenvalue weighted by Gasteiger charge is -2.45. The number of amides is 1. The van der Waals surface area contributed by atoms with Crippen molar-refractivity contribution in [3.63, 3.8) is 0 Å². The Hall–Kier alpha value is -2.21. The van der Waals surface area contributed by atoms with E-state index in [1.807, 2.05) is 55.5 Å². The van der Waals surface area contributed by atoms with Crippen LogP contribution in [0.3, 0.4) is 0 Å². The van der Waals surface area contributed by atoms with Gasteiger partial charge in [-0.2, -0.15) is 0 Å². The first-order chi connectivity index (χ1) is 14.5. The van der Waals surface area contributed by atoms with E-state index in [2.05, 4.69) is 22.9 Å². The van der Waals surface area contributed by atoms with E-state index in [0.717, 1.165) is 24.8 Å². The molecule has 1 aliphatic rings. The topological polar surface area (TPSA) is 73.4 Å². The SMILES string of the molecule is CCN[C@@](Cc1ccccc1)(NC(=O)c1ccccc1)[C@H](O)CNC1(CC)CCC1. The van der Waals surface area contributed by atoms with Crippen LogP contribution in [0.25, 0.3) is 0 Å². The van der Waals surface area contributed by atoms with Crippen LogP contribution in [0.5, 0.6) is 0 Å². The van der Waals surface area contributed by atoms with E-state index < -0.39 is 11.8 Å². The Bertz CT molecular complexity index is 787. The quantitative estimate of drug-likeness (QED) is 0.430. The summed E-state index contributed by atoms with van der Waals surface area (Å²) in [6.07, 6.45) is 4.24. The standard InChI is InChI=1S/C25H35N3O2/c1-3-24(16-11-17-24)27-19-22(29)25(26-4-2,18-20-12-7-5-8-13-20)28-23(30)21-14-9-6-10-15-21/h5-10,12-15,22,26-27,29H,3-4,11,16-19H2,1-2H3,(H,28,30)/t22-,25+/m1/s1. The summed E-state index contributed by atoms with van der Waals surface area (Å²) in [7, 11) is 0. The Balaban J connectivity index is 1.85. The highest BCUT2D eigenvalue weighted by Gasteiger charge is 2.41. The Labute approximate surface area is 180 Å². The molecule has 4 N–H and O–H groups in total. The van der Waals surface area contributed by atoms with Crippen LogP contribution in [0.1, 0.15) is 55.5 Å². The lowest BCUT2D eigenvalue weighted by atomic mass is 9.74. The minimum Gasteiger partial charge on any atom is -0.388 e. The molecular weight excluding hydrogens is 374 g/mol. The average molecular weight is 410 g/mol. The third kappa shape index (κ3) is 5.28. The largest absolute Gasteiger partial charge is 0.388 e. The Morgan fingerprint density at radius 3 is 2.23 bits per heavy atom. The molecule has 3 rings (SSSR count). The Morgan fingerprint density at radius 2 is 1.70 bits per heavy atom. The molecule has 0 radical (unpaired) electrons. The van der Waals surface area contributed by atoms with Gasteiger partial charge >= 0.3 is 0 Å². The zero-order chi connectivity index (χ0) is 21.5. The Morgan fingerprint density at radius 1 is 1.07 bits per heavy atom. The zero-order valence-corrected chi connectivity index (χ0v) is 18.2. The van der Waals surface area contributed by atoms with Crippen molar-refractivity contribution in [3.05, 3.63) is 71.8 Å². The van der Waals surface area contributed by atoms with Crippen molar-refractivity contribution in [2.24, 2.45) is 0 Å². The second-order valence-electron chi connectivity index (χ2n) is 8.37. The van der Waals surface area contributed by atoms with Gasteiger partial charge in [-0.1, -0.05) is 62.4 Å². The van der Waals surface area contributed by atoms with E-state index in [0.29, 0.717) is 25.1 Å². The maximum atomic E-state index is 13.1. The molecule has 0 aromatic heterocycles. The molecule has 2 aromatic rings. The van der Waals surface area contributed by atoms with Gasteiger partial charge in [0.2, 0.25) is 0 Å². The second kappa shape index (κ2) is 10.2. The lowest BCUT2D eigenvalue weighted by molar-refractivity contribution is 0.0221. The van der Waals surface area contributed by atoms with E-state index in [9.17, 15) is 9.90 Å². The van der Waals surface area contributed by atoms with Crippen LogP contribution < -0.4 is 16.0 Å². The van der Waals surface area contributed by atoms with Crippen LogP contribution in [0, 0.1) is 0 Å². The first kappa shape index (κ1) is 22.5. The third-order valence-electron chi connectivity index (χ3n) is 6.42. The lowest BCUT2D eigenvalue weighted by Crippen LogP contribution is -2.70. The third-order valence-corrected chi connectivity index (χ3v) is 6.42. The van der Waals surface area contributed by atoms with Gasteiger partial charge < -0.3 is 15.7 Å². The number of β-amino-alcohol motifs (C(OH)–C–C–N with tert-alkyl or cyclic N) is 1. The molecule has 0 unspecified atom stereocenters. The van der Waals surface area contributed by atoms with E-state index in [-0.39, 0.29) is 11.4 Å². The highest BCUT2D eigenvalue weighted by Crippen LogP contribution is 2.34. The summed E-state index contributed by atoms with van der Waals surface area (Å²) in [5.74, 6) is -0.194. The van der Waals surface area contributed by atoms with E-state index in [1.165, 1.54) is 6.42 Å². The van der Waals surface area contributed by atoms with Gasteiger partial charge in [-0.05, 0) is 49.9 Å². The average Bonchev–Trinajstić information content (AvgIpc) is 2.74. The number of hydrogen-bond donors (Lipinski definition) is 4. The zero-order valence-electron chi connectivity index (χ0n) is 18.2. The van der Waals surface area contributed by atoms with Crippen LogP contribution >= 0.6 is 0 Å². The van der Waals surface area contributed by atoms with Crippen LogP contribution in [-0.2, 0) is 6.42 Å². The molecule has 5 heteroatoms. The molecule has 1 fully saturated rings. The molecule has 1 saturated carbocycles. The summed E-state index contributed by atoms with van der Waals surface area (Å²) in [6.45, 7) is 5.23. The van der Waals surface area contributed by atoms with Crippen molar-refractivity contribution >= 4 is 5.91 Å². The number of likely N-dealkylation sites (N-methyl/N-ethyl adjacent to an activating group) is 1. The van der Waals surface area contributed by atoms with Crippen molar-refractivity contribution in [3.8, 4) is 0 Å². The molecule has 30 heavy (non-hydrogen) atoms. The Kier molecular flexibility index (Phi) is 7.64. The molecule has 0 bridgehead atoms. The number of nitrogens with one attached hydrogen (secondary N) is 3. The maximum absolute atomic E-state index is 13.1. The minimum absolute atomic E-state index is 0.120. The summed E-state index contributed by atoms with van der Waals surface area (Å²) < 4.78 is 0. The minimum atomic E-state index is -0.977. The monoisotopic (exact) mass is 409 g/mol. The number of aliphatic hydroxyl groups excluding tert-OH is 1. The molecule has 0 aliphatic heterocycles. The number of carbonyl (C=O) groups is 1. The molecule has 2 atom stereocenters. The molecule has 0 heterocycles. The van der Waals surface area contributed by atoms with Gasteiger partial charge in [0.25, 0.3) is 5.91 Å². The summed E-state index contributed by atoms with van der Waals surface area (Å²) in [6, 6.07) is 19.2. The number of carbonyl (C=O) groups excluding carboxylic acids is 1. The van der Waals surface area contributed by atoms with Crippen LogP contribution in [0.4, 0.5) is 0 Å². The van der Waals surface area contributed by atoms with Crippen molar-refractivity contribution in [2.45, 2.75) is 63.3 Å². The number of benzene rings is 2. The van der Waals surface area contributed by atoms with Gasteiger partial charge in [0.15, 0.2) is 0 Å². The normalized spacial score (nSPS) is 18.1. The molecule has 2 aromatic carbocycles. The summed E-state index contributed by atoms with van der Waals surface area (Å²) in [5, 5.41) is 21.5. The van der Waals surface area contributed by atoms with Crippen molar-refractivity contribution < 1.29 is 9.90 Å². The molecule has 0 spiro atoms. The first-order valence-electron chi connectivity index (χ1n) is 11.1. The van der Waals surface area contributed by atoms with Gasteiger partial charge in [0, 0.05) is 24.1 Å². The number of hydrogen-bond acceptors (Lipinski definition) is 4. The van der Waals surface area contributed by atoms with Crippen LogP contribution in [0.15, 0.2) is 60.7 Å². The van der Waals surface area contributed by atoms with Gasteiger partial charge in [-0.15, -0.1) is 0 Å². The fourth-order valence-corrected chi connectivity index (χ4v) is 4.31. The van der Waals surface area contributed by atoms with Crippen LogP contribution in [-0.4, -0.2) is 41.4 Å². The van der Waals surface area contributed by atoms with Crippen molar-refractivity contribution in [1.82, 2.24) is 16.0 Å². The van der Waals surface area contributed by atoms with E-state index in [4.69, 9.17) is 0 Å². The number of aliphatic hydroxyl groups is 1. The predicted molar refractivity (Wildman–Crippen MR) is 121 cm³/mol. The molecule has 162 valence electrons. The van der Waals surface area contributed by atoms with Gasteiger partial charge in [-0.3, -0.25) is 10.1 Å². The molecule has 1 amide bonds. The molecule has 5 nitrogen and oxygen atoms in total. The predicted octanol–water partition coefficient (Wildman–Crippen LogP) is 3.25. The van der Waals surface area contributed by atoms with E-state index in [1.54, 1.807) is 12.1 Å². The molecular formula is C25H35N3O2. The number of rotatable bonds is 11. The highest BCUT2D eigenvalue weighted by molar-refractivity contribution is 5.94. The highest BCUT2D eigenvalue weighted by atomic mass is 16.3. The summed E-state index contributed by atoms with van der Waals surface area (Å²) in [5.41, 5.74) is 0.779. The molecule has 1 aliphatic carbocycles. The van der Waals surface area contributed by atoms with E-state index >= 15 is 0 Å². The van der Waals surface area contributed by atoms with Crippen molar-refractivity contribution in [1.29, 1.82) is 0 Å². The fourth-order valence-electron chi connectivity index (χ4n) is 4.31. The van der Waals surface area contributed by atoms with Gasteiger partial charge in [0.05, 0.1) is 0 Å². The van der Waals surface area contributed by atoms with Crippen LogP contribution in [0.2, 0.25) is 0 Å². The first-order valence-corrected chi connectivity index (χ1v) is 11.1. The fraction of sp³-hybridized carbons (Fsp3) is 0.480. The molecule has 0 saturated heterocycles. The summed E-state index contributed by atoms with van der Waals surface area (Å²) in [4.78, 5) is 13.1. The van der Waals surface area contributed by atoms with Crippen molar-refractivity contribution in [2.75, 3.05) is 13.1 Å². The smallest absolute Gasteiger partial charge is 0.252 e. The van der Waals surface area contributed by atoms with Gasteiger partial charge in [0.1, 0.15) is 11.8 Å². The second-order valence-corrected chi connectivity index (χ2v) is 8.37. The maximum Gasteiger partial charge on any atom is 0.252 e. The summed E-state index contributed by atoms with van der Waals surface area (Å²) >= 11 is 0.